The number of ether oxygens (including phenoxy) is 1. The van der Waals surface area contributed by atoms with Gasteiger partial charge in [0.25, 0.3) is 0 Å². The van der Waals surface area contributed by atoms with Crippen LogP contribution in [0.2, 0.25) is 0 Å². The fourth-order valence-corrected chi connectivity index (χ4v) is 2.79. The van der Waals surface area contributed by atoms with Crippen molar-refractivity contribution in [3.63, 3.8) is 0 Å². The van der Waals surface area contributed by atoms with Crippen LogP contribution in [0.25, 0.3) is 0 Å². The predicted octanol–water partition coefficient (Wildman–Crippen LogP) is 2.81. The number of benzene rings is 1. The van der Waals surface area contributed by atoms with Gasteiger partial charge in [-0.1, -0.05) is 17.7 Å². The van der Waals surface area contributed by atoms with E-state index in [1.165, 1.54) is 22.9 Å². The fraction of sp³-hybridized carbons (Fsp3) is 0.500. The molecule has 0 unspecified atom stereocenters. The van der Waals surface area contributed by atoms with E-state index in [0.717, 1.165) is 4.90 Å². The van der Waals surface area contributed by atoms with Crippen molar-refractivity contribution in [1.29, 1.82) is 0 Å². The Morgan fingerprint density at radius 2 is 2.00 bits per heavy atom. The first kappa shape index (κ1) is 17.6. The maximum atomic E-state index is 12.0. The molecule has 0 aliphatic rings. The first-order valence-corrected chi connectivity index (χ1v) is 8.02. The van der Waals surface area contributed by atoms with Crippen LogP contribution in [0, 0.1) is 13.8 Å². The van der Waals surface area contributed by atoms with Gasteiger partial charge in [0.05, 0.1) is 18.8 Å². The average Bonchev–Trinajstić information content (AvgIpc) is 2.45. The van der Waals surface area contributed by atoms with Crippen LogP contribution >= 0.6 is 11.8 Å². The van der Waals surface area contributed by atoms with Gasteiger partial charge in [-0.15, -0.1) is 11.8 Å². The van der Waals surface area contributed by atoms with Crippen molar-refractivity contribution in [3.05, 3.63) is 29.3 Å². The lowest BCUT2D eigenvalue weighted by Crippen LogP contribution is -2.30. The van der Waals surface area contributed by atoms with E-state index >= 15 is 0 Å². The zero-order valence-corrected chi connectivity index (χ0v) is 14.0. The highest BCUT2D eigenvalue weighted by atomic mass is 32.2. The van der Waals surface area contributed by atoms with Gasteiger partial charge < -0.3 is 9.64 Å². The van der Waals surface area contributed by atoms with E-state index < -0.39 is 0 Å². The standard InChI is InChI=1S/C16H23NO3S/c1-5-20-16(19)8-9-17(4)15(18)11-21-14-10-12(2)6-7-13(14)3/h6-7,10H,5,8-9,11H2,1-4H3. The molecule has 0 spiro atoms. The van der Waals surface area contributed by atoms with Crippen molar-refractivity contribution in [3.8, 4) is 0 Å². The molecular weight excluding hydrogens is 286 g/mol. The molecule has 0 N–H and O–H groups in total. The molecule has 0 heterocycles. The number of aryl methyl sites for hydroxylation is 2. The molecule has 21 heavy (non-hydrogen) atoms. The highest BCUT2D eigenvalue weighted by molar-refractivity contribution is 8.00. The van der Waals surface area contributed by atoms with Crippen LogP contribution in [-0.4, -0.2) is 42.7 Å². The number of amides is 1. The van der Waals surface area contributed by atoms with Gasteiger partial charge in [-0.2, -0.15) is 0 Å². The molecule has 0 saturated carbocycles. The second kappa shape index (κ2) is 8.72. The zero-order valence-electron chi connectivity index (χ0n) is 13.1. The number of hydrogen-bond donors (Lipinski definition) is 0. The lowest BCUT2D eigenvalue weighted by Gasteiger charge is -2.16. The Hall–Kier alpha value is -1.49. The molecule has 0 atom stereocenters. The van der Waals surface area contributed by atoms with Gasteiger partial charge in [-0.25, -0.2) is 0 Å². The van der Waals surface area contributed by atoms with Crippen LogP contribution in [0.15, 0.2) is 23.1 Å². The van der Waals surface area contributed by atoms with Gasteiger partial charge in [-0.05, 0) is 32.4 Å². The molecule has 0 saturated heterocycles. The Balaban J connectivity index is 2.42. The van der Waals surface area contributed by atoms with Gasteiger partial charge in [-0.3, -0.25) is 9.59 Å². The van der Waals surface area contributed by atoms with Crippen LogP contribution in [-0.2, 0) is 14.3 Å². The maximum absolute atomic E-state index is 12.0. The number of nitrogens with zero attached hydrogens (tertiary/aromatic N) is 1. The summed E-state index contributed by atoms with van der Waals surface area (Å²) in [4.78, 5) is 26.0. The molecule has 1 aromatic carbocycles. The van der Waals surface area contributed by atoms with Crippen LogP contribution in [0.1, 0.15) is 24.5 Å². The first-order valence-electron chi connectivity index (χ1n) is 7.03. The summed E-state index contributed by atoms with van der Waals surface area (Å²) in [5.74, 6) is 0.133. The van der Waals surface area contributed by atoms with Crippen molar-refractivity contribution in [2.45, 2.75) is 32.1 Å². The van der Waals surface area contributed by atoms with Crippen LogP contribution in [0.5, 0.6) is 0 Å². The number of carbonyl (C=O) groups is 2. The molecule has 4 nitrogen and oxygen atoms in total. The number of hydrogen-bond acceptors (Lipinski definition) is 4. The monoisotopic (exact) mass is 309 g/mol. The van der Waals surface area contributed by atoms with Gasteiger partial charge in [0.15, 0.2) is 0 Å². The number of thioether (sulfide) groups is 1. The zero-order chi connectivity index (χ0) is 15.8. The molecule has 5 heteroatoms. The van der Waals surface area contributed by atoms with Crippen molar-refractivity contribution < 1.29 is 14.3 Å². The van der Waals surface area contributed by atoms with E-state index in [0.29, 0.717) is 18.9 Å². The molecule has 0 radical (unpaired) electrons. The minimum Gasteiger partial charge on any atom is -0.466 e. The first-order chi connectivity index (χ1) is 9.93. The summed E-state index contributed by atoms with van der Waals surface area (Å²) in [6.07, 6.45) is 0.240. The van der Waals surface area contributed by atoms with Gasteiger partial charge in [0.1, 0.15) is 0 Å². The van der Waals surface area contributed by atoms with Crippen molar-refractivity contribution in [2.75, 3.05) is 26.0 Å². The van der Waals surface area contributed by atoms with Crippen LogP contribution < -0.4 is 0 Å². The largest absolute Gasteiger partial charge is 0.466 e. The normalized spacial score (nSPS) is 10.3. The van der Waals surface area contributed by atoms with E-state index in [4.69, 9.17) is 4.74 Å². The molecule has 0 aliphatic heterocycles. The molecule has 0 aromatic heterocycles. The molecule has 0 bridgehead atoms. The van der Waals surface area contributed by atoms with Crippen LogP contribution in [0.4, 0.5) is 0 Å². The molecule has 1 aromatic rings. The maximum Gasteiger partial charge on any atom is 0.307 e. The lowest BCUT2D eigenvalue weighted by atomic mass is 10.2. The minimum absolute atomic E-state index is 0.0187. The fourth-order valence-electron chi connectivity index (χ4n) is 1.73. The number of esters is 1. The Kier molecular flexibility index (Phi) is 7.29. The van der Waals surface area contributed by atoms with E-state index in [1.54, 1.807) is 18.9 Å². The lowest BCUT2D eigenvalue weighted by molar-refractivity contribution is -0.143. The minimum atomic E-state index is -0.265. The van der Waals surface area contributed by atoms with Crippen molar-refractivity contribution in [2.24, 2.45) is 0 Å². The molecular formula is C16H23NO3S. The Morgan fingerprint density at radius 3 is 2.67 bits per heavy atom. The predicted molar refractivity (Wildman–Crippen MR) is 85.5 cm³/mol. The quantitative estimate of drug-likeness (QED) is 0.574. The van der Waals surface area contributed by atoms with Crippen molar-refractivity contribution in [1.82, 2.24) is 4.90 Å². The summed E-state index contributed by atoms with van der Waals surface area (Å²) >= 11 is 1.53. The van der Waals surface area contributed by atoms with Crippen LogP contribution in [0.3, 0.4) is 0 Å². The summed E-state index contributed by atoms with van der Waals surface area (Å²) in [5.41, 5.74) is 2.36. The Morgan fingerprint density at radius 1 is 1.29 bits per heavy atom. The smallest absolute Gasteiger partial charge is 0.307 e. The van der Waals surface area contributed by atoms with Gasteiger partial charge in [0, 0.05) is 18.5 Å². The highest BCUT2D eigenvalue weighted by Gasteiger charge is 2.12. The van der Waals surface area contributed by atoms with E-state index in [9.17, 15) is 9.59 Å². The summed E-state index contributed by atoms with van der Waals surface area (Å²) in [5, 5.41) is 0. The summed E-state index contributed by atoms with van der Waals surface area (Å²) in [6.45, 7) is 6.62. The molecule has 1 rings (SSSR count). The average molecular weight is 309 g/mol. The van der Waals surface area contributed by atoms with Gasteiger partial charge in [0.2, 0.25) is 5.91 Å². The van der Waals surface area contributed by atoms with Crippen molar-refractivity contribution >= 4 is 23.6 Å². The van der Waals surface area contributed by atoms with Gasteiger partial charge >= 0.3 is 5.97 Å². The third kappa shape index (κ3) is 6.21. The van der Waals surface area contributed by atoms with E-state index in [1.807, 2.05) is 13.8 Å². The summed E-state index contributed by atoms with van der Waals surface area (Å²) in [6, 6.07) is 6.21. The second-order valence-electron chi connectivity index (χ2n) is 4.93. The third-order valence-electron chi connectivity index (χ3n) is 3.08. The third-order valence-corrected chi connectivity index (χ3v) is 4.22. The SMILES string of the molecule is CCOC(=O)CCN(C)C(=O)CSc1cc(C)ccc1C. The molecule has 0 fully saturated rings. The Bertz CT molecular complexity index is 502. The number of carbonyl (C=O) groups excluding carboxylic acids is 2. The highest BCUT2D eigenvalue weighted by Crippen LogP contribution is 2.23. The molecule has 1 amide bonds. The number of rotatable bonds is 7. The van der Waals surface area contributed by atoms with E-state index in [-0.39, 0.29) is 18.3 Å². The van der Waals surface area contributed by atoms with E-state index in [2.05, 4.69) is 18.2 Å². The molecule has 0 aliphatic carbocycles. The molecule has 116 valence electrons. The summed E-state index contributed by atoms with van der Waals surface area (Å²) < 4.78 is 4.85. The Labute approximate surface area is 130 Å². The summed E-state index contributed by atoms with van der Waals surface area (Å²) in [7, 11) is 1.71. The topological polar surface area (TPSA) is 46.6 Å². The second-order valence-corrected chi connectivity index (χ2v) is 5.95.